The van der Waals surface area contributed by atoms with Crippen molar-refractivity contribution in [3.8, 4) is 0 Å². The number of rotatable bonds is 1. The van der Waals surface area contributed by atoms with Gasteiger partial charge >= 0.3 is 0 Å². The minimum Gasteiger partial charge on any atom is -0.0625 e. The number of hydrogen-bond donors (Lipinski definition) is 0. The van der Waals surface area contributed by atoms with E-state index in [1.165, 1.54) is 12.8 Å². The fraction of sp³-hybridized carbons (Fsp3) is 1.00. The molecule has 0 aliphatic heterocycles. The summed E-state index contributed by atoms with van der Waals surface area (Å²) >= 11 is 0. The van der Waals surface area contributed by atoms with Crippen LogP contribution >= 0.6 is 0 Å². The lowest BCUT2D eigenvalue weighted by molar-refractivity contribution is 0.0355. The highest BCUT2D eigenvalue weighted by molar-refractivity contribution is 4.92. The zero-order valence-corrected chi connectivity index (χ0v) is 7.84. The molecule has 0 amide bonds. The quantitative estimate of drug-likeness (QED) is 0.539. The van der Waals surface area contributed by atoms with Crippen LogP contribution in [0.15, 0.2) is 0 Å². The van der Waals surface area contributed by atoms with E-state index in [0.29, 0.717) is 0 Å². The lowest BCUT2D eigenvalue weighted by Gasteiger charge is -2.46. The molecule has 3 saturated carbocycles. The Hall–Kier alpha value is 0. The third-order valence-electron chi connectivity index (χ3n) is 3.86. The van der Waals surface area contributed by atoms with Crippen molar-refractivity contribution in [1.82, 2.24) is 0 Å². The van der Waals surface area contributed by atoms with Crippen LogP contribution in [0.3, 0.4) is 0 Å². The first-order chi connectivity index (χ1) is 5.29. The molecule has 0 aromatic rings. The van der Waals surface area contributed by atoms with Gasteiger partial charge in [-0.1, -0.05) is 39.5 Å². The van der Waals surface area contributed by atoms with Gasteiger partial charge in [0, 0.05) is 0 Å². The van der Waals surface area contributed by atoms with Crippen LogP contribution in [0.1, 0.15) is 46.0 Å². The van der Waals surface area contributed by atoms with Gasteiger partial charge in [-0.05, 0) is 30.1 Å². The van der Waals surface area contributed by atoms with Crippen molar-refractivity contribution in [2.24, 2.45) is 23.7 Å². The van der Waals surface area contributed by atoms with Crippen molar-refractivity contribution in [3.63, 3.8) is 0 Å². The first-order valence-corrected chi connectivity index (χ1v) is 5.29. The van der Waals surface area contributed by atoms with Crippen LogP contribution in [0, 0.1) is 23.7 Å². The fourth-order valence-corrected chi connectivity index (χ4v) is 3.41. The molecule has 2 unspecified atom stereocenters. The van der Waals surface area contributed by atoms with Crippen LogP contribution in [-0.2, 0) is 0 Å². The maximum atomic E-state index is 2.41. The molecule has 3 aliphatic carbocycles. The molecular weight excluding hydrogens is 132 g/mol. The van der Waals surface area contributed by atoms with Crippen molar-refractivity contribution in [2.45, 2.75) is 46.0 Å². The van der Waals surface area contributed by atoms with Crippen molar-refractivity contribution in [1.29, 1.82) is 0 Å². The molecular formula is C11H20. The molecule has 0 heteroatoms. The zero-order valence-electron chi connectivity index (χ0n) is 7.84. The molecule has 0 N–H and O–H groups in total. The third kappa shape index (κ3) is 1.21. The smallest absolute Gasteiger partial charge is 0.0334 e. The minimum atomic E-state index is 0.955. The van der Waals surface area contributed by atoms with Gasteiger partial charge in [-0.25, -0.2) is 0 Å². The molecule has 0 saturated heterocycles. The molecule has 2 atom stereocenters. The Kier molecular flexibility index (Phi) is 1.95. The first kappa shape index (κ1) is 7.64. The van der Waals surface area contributed by atoms with Crippen molar-refractivity contribution >= 4 is 0 Å². The van der Waals surface area contributed by atoms with E-state index in [4.69, 9.17) is 0 Å². The molecule has 11 heavy (non-hydrogen) atoms. The second-order valence-corrected chi connectivity index (χ2v) is 4.86. The molecule has 0 aromatic heterocycles. The zero-order chi connectivity index (χ0) is 7.84. The Balaban J connectivity index is 2.01. The fourth-order valence-electron chi connectivity index (χ4n) is 3.41. The lowest BCUT2D eigenvalue weighted by atomic mass is 9.60. The molecule has 64 valence electrons. The monoisotopic (exact) mass is 152 g/mol. The maximum Gasteiger partial charge on any atom is -0.0334 e. The van der Waals surface area contributed by atoms with Gasteiger partial charge < -0.3 is 0 Å². The molecule has 0 heterocycles. The van der Waals surface area contributed by atoms with E-state index in [0.717, 1.165) is 23.7 Å². The van der Waals surface area contributed by atoms with Crippen molar-refractivity contribution in [2.75, 3.05) is 0 Å². The second-order valence-electron chi connectivity index (χ2n) is 4.86. The normalized spacial score (nSPS) is 43.4. The Morgan fingerprint density at radius 3 is 2.00 bits per heavy atom. The topological polar surface area (TPSA) is 0 Å². The predicted molar refractivity (Wildman–Crippen MR) is 48.4 cm³/mol. The van der Waals surface area contributed by atoms with Gasteiger partial charge in [0.15, 0.2) is 0 Å². The molecule has 0 nitrogen and oxygen atoms in total. The van der Waals surface area contributed by atoms with Gasteiger partial charge in [-0.2, -0.15) is 0 Å². The van der Waals surface area contributed by atoms with Crippen LogP contribution in [0.25, 0.3) is 0 Å². The average molecular weight is 152 g/mol. The highest BCUT2D eigenvalue weighted by Gasteiger charge is 2.42. The van der Waals surface area contributed by atoms with Crippen LogP contribution in [-0.4, -0.2) is 0 Å². The van der Waals surface area contributed by atoms with Gasteiger partial charge in [-0.3, -0.25) is 0 Å². The van der Waals surface area contributed by atoms with Gasteiger partial charge in [0.1, 0.15) is 0 Å². The average Bonchev–Trinajstić information content (AvgIpc) is 2.15. The molecule has 0 aromatic carbocycles. The van der Waals surface area contributed by atoms with E-state index < -0.39 is 0 Å². The molecule has 3 rings (SSSR count). The summed E-state index contributed by atoms with van der Waals surface area (Å²) < 4.78 is 0. The van der Waals surface area contributed by atoms with Crippen molar-refractivity contribution < 1.29 is 0 Å². The van der Waals surface area contributed by atoms with E-state index in [2.05, 4.69) is 13.8 Å². The summed E-state index contributed by atoms with van der Waals surface area (Å²) in [4.78, 5) is 0. The Morgan fingerprint density at radius 2 is 1.55 bits per heavy atom. The van der Waals surface area contributed by atoms with Gasteiger partial charge in [-0.15, -0.1) is 0 Å². The number of hydrogen-bond acceptors (Lipinski definition) is 0. The van der Waals surface area contributed by atoms with E-state index in [1.54, 1.807) is 19.3 Å². The largest absolute Gasteiger partial charge is 0.0625 e. The van der Waals surface area contributed by atoms with E-state index >= 15 is 0 Å². The summed E-state index contributed by atoms with van der Waals surface area (Å²) in [5, 5.41) is 0. The van der Waals surface area contributed by atoms with Crippen molar-refractivity contribution in [3.05, 3.63) is 0 Å². The van der Waals surface area contributed by atoms with Crippen LogP contribution in [0.2, 0.25) is 0 Å². The Labute approximate surface area is 70.4 Å². The summed E-state index contributed by atoms with van der Waals surface area (Å²) in [7, 11) is 0. The number of fused-ring (bicyclic) bond motifs is 3. The third-order valence-corrected chi connectivity index (χ3v) is 3.86. The molecule has 3 fully saturated rings. The summed E-state index contributed by atoms with van der Waals surface area (Å²) in [6.07, 6.45) is 7.69. The summed E-state index contributed by atoms with van der Waals surface area (Å²) in [5.74, 6) is 4.32. The summed E-state index contributed by atoms with van der Waals surface area (Å²) in [6.45, 7) is 4.82. The van der Waals surface area contributed by atoms with E-state index in [1.807, 2.05) is 0 Å². The van der Waals surface area contributed by atoms with Gasteiger partial charge in [0.25, 0.3) is 0 Å². The minimum absolute atomic E-state index is 0.955. The van der Waals surface area contributed by atoms with Crippen LogP contribution in [0.4, 0.5) is 0 Å². The van der Waals surface area contributed by atoms with E-state index in [9.17, 15) is 0 Å². The first-order valence-electron chi connectivity index (χ1n) is 5.29. The highest BCUT2D eigenvalue weighted by Crippen LogP contribution is 2.51. The molecule has 3 aliphatic rings. The summed E-state index contributed by atoms with van der Waals surface area (Å²) in [6, 6.07) is 0. The van der Waals surface area contributed by atoms with Gasteiger partial charge in [0.2, 0.25) is 0 Å². The standard InChI is InChI=1S/C11H20/c1-8(2)11-9-5-3-4-6-10(11)7-9/h8-11H,3-7H2,1-2H3. The molecule has 2 bridgehead atoms. The predicted octanol–water partition coefficient (Wildman–Crippen LogP) is 3.47. The molecule has 0 spiro atoms. The summed E-state index contributed by atoms with van der Waals surface area (Å²) in [5.41, 5.74) is 0. The second kappa shape index (κ2) is 2.80. The lowest BCUT2D eigenvalue weighted by Crippen LogP contribution is -2.38. The highest BCUT2D eigenvalue weighted by atomic mass is 14.5. The Morgan fingerprint density at radius 1 is 1.00 bits per heavy atom. The SMILES string of the molecule is CC(C)C1C2CCCCC1C2. The van der Waals surface area contributed by atoms with Crippen LogP contribution in [0.5, 0.6) is 0 Å². The Bertz CT molecular complexity index is 121. The van der Waals surface area contributed by atoms with Gasteiger partial charge in [0.05, 0.1) is 0 Å². The maximum absolute atomic E-state index is 2.41. The van der Waals surface area contributed by atoms with E-state index in [-0.39, 0.29) is 0 Å². The molecule has 0 radical (unpaired) electrons. The van der Waals surface area contributed by atoms with Crippen LogP contribution < -0.4 is 0 Å².